The summed E-state index contributed by atoms with van der Waals surface area (Å²) in [5.41, 5.74) is 5.82. The number of carbonyl (C=O) groups excluding carboxylic acids is 1. The normalized spacial score (nSPS) is 25.8. The number of amides is 1. The average molecular weight is 312 g/mol. The Kier molecular flexibility index (Phi) is 3.30. The number of carbonyl (C=O) groups is 1. The summed E-state index contributed by atoms with van der Waals surface area (Å²) in [4.78, 5) is 19.0. The second kappa shape index (κ2) is 5.20. The van der Waals surface area contributed by atoms with Gasteiger partial charge in [0.25, 0.3) is 0 Å². The van der Waals surface area contributed by atoms with Crippen molar-refractivity contribution in [1.82, 2.24) is 9.88 Å². The first-order chi connectivity index (χ1) is 10.7. The molecule has 1 fully saturated rings. The molecule has 0 N–H and O–H groups in total. The second-order valence-electron chi connectivity index (χ2n) is 6.60. The van der Waals surface area contributed by atoms with Gasteiger partial charge in [0.2, 0.25) is 5.91 Å². The monoisotopic (exact) mass is 312 g/mol. The van der Waals surface area contributed by atoms with Gasteiger partial charge in [0.05, 0.1) is 17.7 Å². The largest absolute Gasteiger partial charge is 0.340 e. The lowest BCUT2D eigenvalue weighted by Gasteiger charge is -2.27. The maximum absolute atomic E-state index is 12.8. The third kappa shape index (κ3) is 2.17. The number of hydrogen-bond donors (Lipinski definition) is 0. The first kappa shape index (κ1) is 13.9. The maximum Gasteiger partial charge on any atom is 0.226 e. The molecular formula is C18H20N2OS. The van der Waals surface area contributed by atoms with E-state index in [9.17, 15) is 4.79 Å². The zero-order valence-corrected chi connectivity index (χ0v) is 13.6. The minimum absolute atomic E-state index is 0.127. The Morgan fingerprint density at radius 1 is 1.45 bits per heavy atom. The smallest absolute Gasteiger partial charge is 0.226 e. The molecule has 1 saturated carbocycles. The lowest BCUT2D eigenvalue weighted by molar-refractivity contribution is -0.132. The molecule has 2 aliphatic carbocycles. The number of thiazole rings is 1. The zero-order chi connectivity index (χ0) is 15.2. The van der Waals surface area contributed by atoms with Crippen LogP contribution in [0.3, 0.4) is 0 Å². The summed E-state index contributed by atoms with van der Waals surface area (Å²) in [5, 5.41) is 2.02. The molecule has 1 spiro atoms. The summed E-state index contributed by atoms with van der Waals surface area (Å²) >= 11 is 1.58. The molecule has 1 aromatic carbocycles. The first-order valence-corrected chi connectivity index (χ1v) is 8.85. The molecule has 1 aromatic heterocycles. The fraction of sp³-hybridized carbons (Fsp3) is 0.444. The quantitative estimate of drug-likeness (QED) is 0.870. The van der Waals surface area contributed by atoms with E-state index in [0.29, 0.717) is 6.54 Å². The van der Waals surface area contributed by atoms with Crippen molar-refractivity contribution in [2.75, 3.05) is 7.05 Å². The van der Waals surface area contributed by atoms with E-state index in [1.54, 1.807) is 11.3 Å². The molecule has 2 atom stereocenters. The van der Waals surface area contributed by atoms with Crippen molar-refractivity contribution < 1.29 is 4.79 Å². The van der Waals surface area contributed by atoms with E-state index in [2.05, 4.69) is 29.2 Å². The number of hydrogen-bond acceptors (Lipinski definition) is 3. The molecule has 22 heavy (non-hydrogen) atoms. The Morgan fingerprint density at radius 3 is 3.14 bits per heavy atom. The molecule has 0 unspecified atom stereocenters. The van der Waals surface area contributed by atoms with Gasteiger partial charge in [0.15, 0.2) is 0 Å². The highest BCUT2D eigenvalue weighted by Crippen LogP contribution is 2.60. The Bertz CT molecular complexity index is 697. The van der Waals surface area contributed by atoms with Crippen molar-refractivity contribution in [2.24, 2.45) is 5.92 Å². The molecule has 114 valence electrons. The predicted octanol–water partition coefficient (Wildman–Crippen LogP) is 3.40. The molecule has 2 aliphatic rings. The Morgan fingerprint density at radius 2 is 2.32 bits per heavy atom. The van der Waals surface area contributed by atoms with Crippen molar-refractivity contribution in [3.63, 3.8) is 0 Å². The third-order valence-electron chi connectivity index (χ3n) is 5.26. The van der Waals surface area contributed by atoms with Gasteiger partial charge in [0, 0.05) is 23.8 Å². The first-order valence-electron chi connectivity index (χ1n) is 7.91. The standard InChI is InChI=1S/C18H20N2OS/c1-20(10-14-11-22-12-19-14)17(21)16-9-18(16)8-4-6-13-5-2-3-7-15(13)18/h2-3,5,7,11-12,16H,4,6,8-10H2,1H3/t16-,18-/m0/s1. The fourth-order valence-electron chi connectivity index (χ4n) is 4.06. The van der Waals surface area contributed by atoms with Gasteiger partial charge in [-0.15, -0.1) is 11.3 Å². The van der Waals surface area contributed by atoms with Crippen LogP contribution in [0.4, 0.5) is 0 Å². The Labute approximate surface area is 135 Å². The van der Waals surface area contributed by atoms with Gasteiger partial charge < -0.3 is 4.90 Å². The Hall–Kier alpha value is -1.68. The van der Waals surface area contributed by atoms with E-state index < -0.39 is 0 Å². The van der Waals surface area contributed by atoms with Crippen LogP contribution in [-0.4, -0.2) is 22.8 Å². The van der Waals surface area contributed by atoms with Gasteiger partial charge >= 0.3 is 0 Å². The molecule has 1 heterocycles. The summed E-state index contributed by atoms with van der Waals surface area (Å²) in [6, 6.07) is 8.70. The fourth-order valence-corrected chi connectivity index (χ4v) is 4.61. The summed E-state index contributed by atoms with van der Waals surface area (Å²) < 4.78 is 0. The highest BCUT2D eigenvalue weighted by molar-refractivity contribution is 7.07. The Balaban J connectivity index is 1.53. The van der Waals surface area contributed by atoms with Crippen LogP contribution in [0.5, 0.6) is 0 Å². The van der Waals surface area contributed by atoms with Crippen molar-refractivity contribution in [2.45, 2.75) is 37.6 Å². The lowest BCUT2D eigenvalue weighted by Crippen LogP contribution is -2.31. The maximum atomic E-state index is 12.8. The summed E-state index contributed by atoms with van der Waals surface area (Å²) in [6.45, 7) is 0.622. The number of fused-ring (bicyclic) bond motifs is 2. The molecular weight excluding hydrogens is 292 g/mol. The molecule has 4 rings (SSSR count). The van der Waals surface area contributed by atoms with Crippen molar-refractivity contribution in [3.05, 3.63) is 52.0 Å². The molecule has 0 saturated heterocycles. The van der Waals surface area contributed by atoms with Crippen LogP contribution in [0, 0.1) is 5.92 Å². The van der Waals surface area contributed by atoms with E-state index in [-0.39, 0.29) is 17.2 Å². The molecule has 0 bridgehead atoms. The van der Waals surface area contributed by atoms with Crippen LogP contribution in [0.2, 0.25) is 0 Å². The molecule has 4 heteroatoms. The number of benzene rings is 1. The molecule has 0 aliphatic heterocycles. The van der Waals surface area contributed by atoms with Crippen molar-refractivity contribution in [1.29, 1.82) is 0 Å². The van der Waals surface area contributed by atoms with Gasteiger partial charge in [-0.25, -0.2) is 4.98 Å². The third-order valence-corrected chi connectivity index (χ3v) is 5.89. The molecule has 0 radical (unpaired) electrons. The molecule has 2 aromatic rings. The highest BCUT2D eigenvalue weighted by atomic mass is 32.1. The minimum atomic E-state index is 0.127. The summed E-state index contributed by atoms with van der Waals surface area (Å²) in [6.07, 6.45) is 4.54. The van der Waals surface area contributed by atoms with E-state index in [4.69, 9.17) is 0 Å². The minimum Gasteiger partial charge on any atom is -0.340 e. The molecule has 3 nitrogen and oxygen atoms in total. The number of aromatic nitrogens is 1. The number of aryl methyl sites for hydroxylation is 1. The van der Waals surface area contributed by atoms with Crippen molar-refractivity contribution in [3.8, 4) is 0 Å². The van der Waals surface area contributed by atoms with Crippen LogP contribution >= 0.6 is 11.3 Å². The van der Waals surface area contributed by atoms with Crippen LogP contribution < -0.4 is 0 Å². The molecule has 1 amide bonds. The summed E-state index contributed by atoms with van der Waals surface area (Å²) in [5.74, 6) is 0.447. The van der Waals surface area contributed by atoms with E-state index >= 15 is 0 Å². The van der Waals surface area contributed by atoms with Crippen LogP contribution in [0.15, 0.2) is 35.2 Å². The zero-order valence-electron chi connectivity index (χ0n) is 12.8. The van der Waals surface area contributed by atoms with Crippen LogP contribution in [0.25, 0.3) is 0 Å². The SMILES string of the molecule is CN(Cc1cscn1)C(=O)[C@@H]1C[C@]12CCCc1ccccc12. The van der Waals surface area contributed by atoms with Gasteiger partial charge in [-0.05, 0) is 36.8 Å². The second-order valence-corrected chi connectivity index (χ2v) is 7.32. The van der Waals surface area contributed by atoms with Crippen LogP contribution in [-0.2, 0) is 23.2 Å². The lowest BCUT2D eigenvalue weighted by atomic mass is 9.78. The van der Waals surface area contributed by atoms with Gasteiger partial charge in [-0.2, -0.15) is 0 Å². The van der Waals surface area contributed by atoms with E-state index in [1.165, 1.54) is 17.5 Å². The highest BCUT2D eigenvalue weighted by Gasteiger charge is 2.60. The predicted molar refractivity (Wildman–Crippen MR) is 87.8 cm³/mol. The number of nitrogens with zero attached hydrogens (tertiary/aromatic N) is 2. The topological polar surface area (TPSA) is 33.2 Å². The van der Waals surface area contributed by atoms with E-state index in [0.717, 1.165) is 25.0 Å². The van der Waals surface area contributed by atoms with E-state index in [1.807, 2.05) is 22.8 Å². The van der Waals surface area contributed by atoms with Crippen LogP contribution in [0.1, 0.15) is 36.1 Å². The number of rotatable bonds is 3. The van der Waals surface area contributed by atoms with Gasteiger partial charge in [-0.1, -0.05) is 24.3 Å². The summed E-state index contributed by atoms with van der Waals surface area (Å²) in [7, 11) is 1.91. The van der Waals surface area contributed by atoms with Crippen molar-refractivity contribution >= 4 is 17.2 Å². The average Bonchev–Trinajstić information content (AvgIpc) is 3.00. The van der Waals surface area contributed by atoms with Gasteiger partial charge in [-0.3, -0.25) is 4.79 Å². The van der Waals surface area contributed by atoms with Gasteiger partial charge in [0.1, 0.15) is 0 Å².